The monoisotopic (exact) mass is 452 g/mol. The number of hydrogen-bond acceptors (Lipinski definition) is 3. The number of nitrogens with zero attached hydrogens (tertiary/aromatic N) is 1. The maximum absolute atomic E-state index is 14.0. The van der Waals surface area contributed by atoms with Crippen LogP contribution in [0.1, 0.15) is 37.3 Å². The van der Waals surface area contributed by atoms with Gasteiger partial charge in [-0.3, -0.25) is 0 Å². The second kappa shape index (κ2) is 7.73. The van der Waals surface area contributed by atoms with Crippen molar-refractivity contribution in [2.45, 2.75) is 36.6 Å². The topological polar surface area (TPSA) is 49.4 Å². The lowest BCUT2D eigenvalue weighted by atomic mass is 9.86. The van der Waals surface area contributed by atoms with E-state index in [0.29, 0.717) is 10.9 Å². The smallest absolute Gasteiger partial charge is 0.267 e. The van der Waals surface area contributed by atoms with Gasteiger partial charge in [-0.15, -0.1) is 0 Å². The Hall–Kier alpha value is -2.77. The van der Waals surface area contributed by atoms with E-state index in [2.05, 4.69) is 5.32 Å². The molecule has 0 fully saturated rings. The average molecular weight is 453 g/mol. The molecule has 158 valence electrons. The number of rotatable bonds is 3. The van der Waals surface area contributed by atoms with Gasteiger partial charge in [-0.25, -0.2) is 17.1 Å². The van der Waals surface area contributed by atoms with E-state index in [9.17, 15) is 12.8 Å². The molecule has 1 atom stereocenters. The third-order valence-electron chi connectivity index (χ3n) is 6.01. The molecule has 5 rings (SSSR count). The molecule has 0 spiro atoms. The Bertz CT molecular complexity index is 1310. The van der Waals surface area contributed by atoms with E-state index in [1.165, 1.54) is 16.4 Å². The summed E-state index contributed by atoms with van der Waals surface area (Å²) in [5, 5.41) is 4.83. The van der Waals surface area contributed by atoms with Gasteiger partial charge in [0.15, 0.2) is 5.11 Å². The SMILES string of the molecule is O=S(=O)(c1cccc2ccccc12)N1C(=S)NC2=C(CCCC2)C1c1ccc(F)cc1. The third-order valence-corrected chi connectivity index (χ3v) is 8.24. The zero-order valence-electron chi connectivity index (χ0n) is 16.7. The summed E-state index contributed by atoms with van der Waals surface area (Å²) in [5.41, 5.74) is 2.72. The molecule has 1 heterocycles. The van der Waals surface area contributed by atoms with Gasteiger partial charge in [0, 0.05) is 11.1 Å². The van der Waals surface area contributed by atoms with Gasteiger partial charge in [0.2, 0.25) is 0 Å². The molecule has 3 aromatic carbocycles. The molecule has 0 radical (unpaired) electrons. The zero-order chi connectivity index (χ0) is 21.6. The second-order valence-electron chi connectivity index (χ2n) is 7.87. The molecule has 0 aromatic heterocycles. The van der Waals surface area contributed by atoms with Crippen LogP contribution in [0.25, 0.3) is 10.8 Å². The minimum Gasteiger partial charge on any atom is -0.335 e. The quantitative estimate of drug-likeness (QED) is 0.539. The summed E-state index contributed by atoms with van der Waals surface area (Å²) in [4.78, 5) is 0.210. The third kappa shape index (κ3) is 3.42. The van der Waals surface area contributed by atoms with Crippen LogP contribution in [0.5, 0.6) is 0 Å². The average Bonchev–Trinajstić information content (AvgIpc) is 2.78. The summed E-state index contributed by atoms with van der Waals surface area (Å²) in [6, 6.07) is 18.1. The highest BCUT2D eigenvalue weighted by Crippen LogP contribution is 2.43. The van der Waals surface area contributed by atoms with Gasteiger partial charge in [0.1, 0.15) is 5.82 Å². The Kier molecular flexibility index (Phi) is 5.02. The Morgan fingerprint density at radius 3 is 2.45 bits per heavy atom. The molecule has 3 aromatic rings. The van der Waals surface area contributed by atoms with Crippen molar-refractivity contribution in [3.63, 3.8) is 0 Å². The van der Waals surface area contributed by atoms with Crippen molar-refractivity contribution in [1.82, 2.24) is 9.62 Å². The Balaban J connectivity index is 1.72. The fourth-order valence-corrected chi connectivity index (χ4v) is 6.81. The van der Waals surface area contributed by atoms with Crippen molar-refractivity contribution < 1.29 is 12.8 Å². The molecule has 4 nitrogen and oxygen atoms in total. The van der Waals surface area contributed by atoms with Crippen LogP contribution in [0.3, 0.4) is 0 Å². The first-order valence-electron chi connectivity index (χ1n) is 10.3. The lowest BCUT2D eigenvalue weighted by Gasteiger charge is -2.42. The summed E-state index contributed by atoms with van der Waals surface area (Å²) in [7, 11) is -3.99. The zero-order valence-corrected chi connectivity index (χ0v) is 18.3. The van der Waals surface area contributed by atoms with Gasteiger partial charge in [-0.2, -0.15) is 0 Å². The molecular weight excluding hydrogens is 431 g/mol. The fraction of sp³-hybridized carbons (Fsp3) is 0.208. The lowest BCUT2D eigenvalue weighted by Crippen LogP contribution is -2.50. The van der Waals surface area contributed by atoms with Crippen molar-refractivity contribution in [3.8, 4) is 0 Å². The van der Waals surface area contributed by atoms with Gasteiger partial charge in [0.25, 0.3) is 10.0 Å². The van der Waals surface area contributed by atoms with E-state index in [-0.39, 0.29) is 15.8 Å². The first-order valence-corrected chi connectivity index (χ1v) is 12.1. The molecule has 7 heteroatoms. The van der Waals surface area contributed by atoms with Crippen molar-refractivity contribution >= 4 is 38.1 Å². The molecule has 1 aliphatic carbocycles. The van der Waals surface area contributed by atoms with Gasteiger partial charge in [0.05, 0.1) is 10.9 Å². The minimum atomic E-state index is -3.99. The molecule has 0 amide bonds. The molecule has 1 aliphatic heterocycles. The molecule has 0 saturated carbocycles. The van der Waals surface area contributed by atoms with E-state index in [1.54, 1.807) is 30.3 Å². The van der Waals surface area contributed by atoms with E-state index >= 15 is 0 Å². The lowest BCUT2D eigenvalue weighted by molar-refractivity contribution is 0.428. The summed E-state index contributed by atoms with van der Waals surface area (Å²) in [6.45, 7) is 0. The summed E-state index contributed by atoms with van der Waals surface area (Å²) >= 11 is 5.60. The number of hydrogen-bond donors (Lipinski definition) is 1. The number of thiocarbonyl (C=S) groups is 1. The van der Waals surface area contributed by atoms with Crippen LogP contribution in [0.15, 0.2) is 82.9 Å². The van der Waals surface area contributed by atoms with E-state index in [0.717, 1.165) is 42.3 Å². The maximum Gasteiger partial charge on any atom is 0.267 e. The molecule has 0 saturated heterocycles. The molecule has 0 bridgehead atoms. The summed E-state index contributed by atoms with van der Waals surface area (Å²) < 4.78 is 43.0. The number of sulfonamides is 1. The minimum absolute atomic E-state index is 0.155. The summed E-state index contributed by atoms with van der Waals surface area (Å²) in [5.74, 6) is -0.360. The number of allylic oxidation sites excluding steroid dienone is 1. The Morgan fingerprint density at radius 2 is 1.65 bits per heavy atom. The van der Waals surface area contributed by atoms with Gasteiger partial charge in [-0.1, -0.05) is 48.5 Å². The molecule has 1 unspecified atom stereocenters. The molecule has 2 aliphatic rings. The van der Waals surface area contributed by atoms with Crippen molar-refractivity contribution in [3.05, 3.63) is 89.4 Å². The molecule has 1 N–H and O–H groups in total. The Labute approximate surface area is 186 Å². The van der Waals surface area contributed by atoms with Crippen LogP contribution in [0.4, 0.5) is 4.39 Å². The number of fused-ring (bicyclic) bond motifs is 1. The van der Waals surface area contributed by atoms with Crippen molar-refractivity contribution in [2.24, 2.45) is 0 Å². The normalized spacial score (nSPS) is 19.3. The van der Waals surface area contributed by atoms with Gasteiger partial charge >= 0.3 is 0 Å². The first-order chi connectivity index (χ1) is 15.0. The van der Waals surface area contributed by atoms with E-state index in [4.69, 9.17) is 12.2 Å². The molecule has 31 heavy (non-hydrogen) atoms. The van der Waals surface area contributed by atoms with E-state index < -0.39 is 16.1 Å². The second-order valence-corrected chi connectivity index (χ2v) is 10.0. The Morgan fingerprint density at radius 1 is 0.935 bits per heavy atom. The number of halogens is 1. The van der Waals surface area contributed by atoms with Crippen molar-refractivity contribution in [2.75, 3.05) is 0 Å². The predicted molar refractivity (Wildman–Crippen MR) is 123 cm³/mol. The standard InChI is InChI=1S/C24H21FN2O2S2/c25-18-14-12-17(13-15-18)23-20-9-3-4-10-21(20)26-24(30)27(23)31(28,29)22-11-5-7-16-6-1-2-8-19(16)22/h1-2,5-8,11-15,23H,3-4,9-10H2,(H,26,30). The van der Waals surface area contributed by atoms with Crippen LogP contribution in [0.2, 0.25) is 0 Å². The number of benzene rings is 3. The first kappa shape index (κ1) is 20.2. The number of nitrogens with one attached hydrogen (secondary N) is 1. The van der Waals surface area contributed by atoms with Crippen LogP contribution >= 0.6 is 12.2 Å². The summed E-state index contributed by atoms with van der Waals surface area (Å²) in [6.07, 6.45) is 3.61. The fourth-order valence-electron chi connectivity index (χ4n) is 4.57. The van der Waals surface area contributed by atoms with Gasteiger partial charge in [-0.05, 0) is 72.6 Å². The highest BCUT2D eigenvalue weighted by Gasteiger charge is 2.42. The predicted octanol–water partition coefficient (Wildman–Crippen LogP) is 5.43. The van der Waals surface area contributed by atoms with Crippen LogP contribution in [-0.4, -0.2) is 17.8 Å². The van der Waals surface area contributed by atoms with Gasteiger partial charge < -0.3 is 5.32 Å². The largest absolute Gasteiger partial charge is 0.335 e. The van der Waals surface area contributed by atoms with Crippen LogP contribution < -0.4 is 5.32 Å². The van der Waals surface area contributed by atoms with E-state index in [1.807, 2.05) is 24.3 Å². The maximum atomic E-state index is 14.0. The highest BCUT2D eigenvalue weighted by molar-refractivity contribution is 7.91. The van der Waals surface area contributed by atoms with Crippen molar-refractivity contribution in [1.29, 1.82) is 0 Å². The van der Waals surface area contributed by atoms with Crippen LogP contribution in [-0.2, 0) is 10.0 Å². The molecular formula is C24H21FN2O2S2. The highest BCUT2D eigenvalue weighted by atomic mass is 32.2. The van der Waals surface area contributed by atoms with Crippen LogP contribution in [0, 0.1) is 5.82 Å².